The first-order valence-electron chi connectivity index (χ1n) is 9.06. The molecule has 0 heteroatoms. The molecule has 0 saturated heterocycles. The highest BCUT2D eigenvalue weighted by molar-refractivity contribution is 6.28. The van der Waals surface area contributed by atoms with Gasteiger partial charge in [0.1, 0.15) is 0 Å². The van der Waals surface area contributed by atoms with E-state index in [1.165, 1.54) is 54.9 Å². The van der Waals surface area contributed by atoms with Crippen LogP contribution in [0, 0.1) is 0 Å². The maximum Gasteiger partial charge on any atom is -0.000786 e. The van der Waals surface area contributed by atoms with Gasteiger partial charge in [-0.25, -0.2) is 0 Å². The van der Waals surface area contributed by atoms with E-state index >= 15 is 0 Å². The fourth-order valence-corrected chi connectivity index (χ4v) is 4.58. The van der Waals surface area contributed by atoms with Crippen LogP contribution in [-0.4, -0.2) is 0 Å². The molecule has 0 amide bonds. The molecule has 5 aromatic carbocycles. The van der Waals surface area contributed by atoms with Crippen LogP contribution in [0.4, 0.5) is 0 Å². The Kier molecular flexibility index (Phi) is 2.70. The first-order valence-corrected chi connectivity index (χ1v) is 9.06. The molecular formula is C26H16. The summed E-state index contributed by atoms with van der Waals surface area (Å²) >= 11 is 0. The Balaban J connectivity index is 1.95. The molecule has 0 saturated carbocycles. The van der Waals surface area contributed by atoms with Crippen molar-refractivity contribution in [3.8, 4) is 33.4 Å². The Morgan fingerprint density at radius 1 is 0.346 bits per heavy atom. The molecule has 0 aliphatic heterocycles. The molecule has 0 atom stereocenters. The van der Waals surface area contributed by atoms with Crippen LogP contribution in [0.5, 0.6) is 0 Å². The van der Waals surface area contributed by atoms with Gasteiger partial charge in [0.2, 0.25) is 0 Å². The third-order valence-electron chi connectivity index (χ3n) is 5.60. The average Bonchev–Trinajstić information content (AvgIpc) is 3.05. The maximum absolute atomic E-state index is 2.27. The van der Waals surface area contributed by atoms with Crippen molar-refractivity contribution in [1.82, 2.24) is 0 Å². The van der Waals surface area contributed by atoms with Gasteiger partial charge >= 0.3 is 0 Å². The molecule has 1 aliphatic carbocycles. The van der Waals surface area contributed by atoms with Gasteiger partial charge in [-0.15, -0.1) is 0 Å². The summed E-state index contributed by atoms with van der Waals surface area (Å²) in [5.74, 6) is 0. The lowest BCUT2D eigenvalue weighted by Gasteiger charge is -2.15. The van der Waals surface area contributed by atoms with Crippen LogP contribution in [0.2, 0.25) is 0 Å². The highest BCUT2D eigenvalue weighted by Crippen LogP contribution is 2.53. The van der Waals surface area contributed by atoms with E-state index in [4.69, 9.17) is 0 Å². The average molecular weight is 328 g/mol. The van der Waals surface area contributed by atoms with E-state index in [9.17, 15) is 0 Å². The van der Waals surface area contributed by atoms with Crippen LogP contribution in [0.1, 0.15) is 0 Å². The van der Waals surface area contributed by atoms with Gasteiger partial charge < -0.3 is 0 Å². The van der Waals surface area contributed by atoms with E-state index in [-0.39, 0.29) is 0 Å². The van der Waals surface area contributed by atoms with Crippen LogP contribution in [-0.2, 0) is 0 Å². The Labute approximate surface area is 152 Å². The Morgan fingerprint density at radius 2 is 0.962 bits per heavy atom. The summed E-state index contributed by atoms with van der Waals surface area (Å²) in [5.41, 5.74) is 8.08. The van der Waals surface area contributed by atoms with Crippen LogP contribution in [0.25, 0.3) is 54.9 Å². The second-order valence-corrected chi connectivity index (χ2v) is 6.94. The summed E-state index contributed by atoms with van der Waals surface area (Å²) < 4.78 is 0. The number of rotatable bonds is 1. The zero-order valence-electron chi connectivity index (χ0n) is 14.2. The molecule has 0 radical (unpaired) electrons. The van der Waals surface area contributed by atoms with Crippen molar-refractivity contribution in [3.05, 3.63) is 97.1 Å². The van der Waals surface area contributed by atoms with E-state index < -0.39 is 0 Å². The zero-order chi connectivity index (χ0) is 17.1. The fourth-order valence-electron chi connectivity index (χ4n) is 4.58. The summed E-state index contributed by atoms with van der Waals surface area (Å²) in [6.45, 7) is 0. The molecule has 0 fully saturated rings. The van der Waals surface area contributed by atoms with Gasteiger partial charge in [0.05, 0.1) is 0 Å². The van der Waals surface area contributed by atoms with Gasteiger partial charge in [-0.1, -0.05) is 97.1 Å². The molecule has 26 heavy (non-hydrogen) atoms. The van der Waals surface area contributed by atoms with E-state index in [1.807, 2.05) is 0 Å². The lowest BCUT2D eigenvalue weighted by molar-refractivity contribution is 1.65. The van der Waals surface area contributed by atoms with Gasteiger partial charge in [-0.05, 0) is 54.9 Å². The van der Waals surface area contributed by atoms with Crippen LogP contribution < -0.4 is 0 Å². The van der Waals surface area contributed by atoms with Crippen LogP contribution >= 0.6 is 0 Å². The summed E-state index contributed by atoms with van der Waals surface area (Å²) in [4.78, 5) is 0. The van der Waals surface area contributed by atoms with Gasteiger partial charge in [0, 0.05) is 0 Å². The van der Waals surface area contributed by atoms with E-state index in [0.29, 0.717) is 0 Å². The van der Waals surface area contributed by atoms with Gasteiger partial charge in [-0.2, -0.15) is 0 Å². The van der Waals surface area contributed by atoms with Crippen LogP contribution in [0.3, 0.4) is 0 Å². The zero-order valence-corrected chi connectivity index (χ0v) is 14.2. The van der Waals surface area contributed by atoms with Crippen molar-refractivity contribution in [2.45, 2.75) is 0 Å². The summed E-state index contributed by atoms with van der Waals surface area (Å²) in [7, 11) is 0. The minimum atomic E-state index is 1.28. The molecule has 0 aromatic heterocycles. The predicted molar refractivity (Wildman–Crippen MR) is 111 cm³/mol. The highest BCUT2D eigenvalue weighted by atomic mass is 14.3. The molecule has 0 bridgehead atoms. The number of fused-ring (bicyclic) bond motifs is 5. The van der Waals surface area contributed by atoms with Crippen molar-refractivity contribution in [3.63, 3.8) is 0 Å². The standard InChI is InChI=1S/C26H16/c1-2-9-17(10-3-1)24-20-13-6-4-11-18(20)21-15-8-16-22-19-12-5-7-14-23(19)26(24)25(21)22/h1-16H. The van der Waals surface area contributed by atoms with Gasteiger partial charge in [0.15, 0.2) is 0 Å². The number of hydrogen-bond acceptors (Lipinski definition) is 0. The van der Waals surface area contributed by atoms with Gasteiger partial charge in [-0.3, -0.25) is 0 Å². The summed E-state index contributed by atoms with van der Waals surface area (Å²) in [6.07, 6.45) is 0. The lowest BCUT2D eigenvalue weighted by Crippen LogP contribution is -1.88. The van der Waals surface area contributed by atoms with Gasteiger partial charge in [0.25, 0.3) is 0 Å². The van der Waals surface area contributed by atoms with Crippen molar-refractivity contribution < 1.29 is 0 Å². The lowest BCUT2D eigenvalue weighted by atomic mass is 9.87. The van der Waals surface area contributed by atoms with Crippen molar-refractivity contribution in [2.75, 3.05) is 0 Å². The normalized spacial score (nSPS) is 11.8. The molecule has 0 nitrogen and oxygen atoms in total. The predicted octanol–water partition coefficient (Wildman–Crippen LogP) is 7.31. The van der Waals surface area contributed by atoms with Crippen LogP contribution in [0.15, 0.2) is 97.1 Å². The summed E-state index contributed by atoms with van der Waals surface area (Å²) in [5, 5.41) is 5.41. The van der Waals surface area contributed by atoms with E-state index in [0.717, 1.165) is 0 Å². The minimum Gasteiger partial charge on any atom is -0.0622 e. The van der Waals surface area contributed by atoms with Crippen molar-refractivity contribution >= 4 is 21.5 Å². The Morgan fingerprint density at radius 3 is 1.81 bits per heavy atom. The molecule has 0 heterocycles. The molecule has 120 valence electrons. The molecule has 0 N–H and O–H groups in total. The minimum absolute atomic E-state index is 1.28. The number of hydrogen-bond donors (Lipinski definition) is 0. The molecule has 0 spiro atoms. The van der Waals surface area contributed by atoms with Crippen molar-refractivity contribution in [2.24, 2.45) is 0 Å². The third kappa shape index (κ3) is 1.69. The number of benzene rings is 5. The largest absolute Gasteiger partial charge is 0.0622 e. The Bertz CT molecular complexity index is 1310. The molecule has 5 aromatic rings. The second kappa shape index (κ2) is 5.06. The smallest absolute Gasteiger partial charge is 0.000786 e. The monoisotopic (exact) mass is 328 g/mol. The maximum atomic E-state index is 2.27. The fraction of sp³-hybridized carbons (Fsp3) is 0. The molecular weight excluding hydrogens is 312 g/mol. The third-order valence-corrected chi connectivity index (χ3v) is 5.60. The summed E-state index contributed by atoms with van der Waals surface area (Å²) in [6, 6.07) is 35.2. The first-order chi connectivity index (χ1) is 12.9. The first kappa shape index (κ1) is 13.9. The molecule has 0 unspecified atom stereocenters. The molecule has 1 aliphatic rings. The second-order valence-electron chi connectivity index (χ2n) is 6.94. The topological polar surface area (TPSA) is 0 Å². The quantitative estimate of drug-likeness (QED) is 0.278. The highest BCUT2D eigenvalue weighted by Gasteiger charge is 2.26. The van der Waals surface area contributed by atoms with Crippen molar-refractivity contribution in [1.29, 1.82) is 0 Å². The van der Waals surface area contributed by atoms with E-state index in [1.54, 1.807) is 0 Å². The molecule has 6 rings (SSSR count). The SMILES string of the molecule is c1ccc(-c2c3c4c(cccc4c4ccccc24)-c2ccccc2-3)cc1. The Hall–Kier alpha value is -3.38. The van der Waals surface area contributed by atoms with E-state index in [2.05, 4.69) is 97.1 Å².